The van der Waals surface area contributed by atoms with Crippen molar-refractivity contribution in [1.29, 1.82) is 0 Å². The van der Waals surface area contributed by atoms with Crippen LogP contribution in [0, 0.1) is 61.8 Å². The van der Waals surface area contributed by atoms with E-state index in [4.69, 9.17) is 16.2 Å². The molecule has 5 atom stereocenters. The van der Waals surface area contributed by atoms with Crippen LogP contribution in [0.3, 0.4) is 0 Å². The summed E-state index contributed by atoms with van der Waals surface area (Å²) in [4.78, 5) is 11.8. The fourth-order valence-corrected chi connectivity index (χ4v) is 3.19. The van der Waals surface area contributed by atoms with E-state index in [0.29, 0.717) is 13.0 Å². The number of ether oxygens (including phenoxy) is 1. The minimum Gasteiger partial charge on any atom is -0.674 e. The van der Waals surface area contributed by atoms with Gasteiger partial charge < -0.3 is 21.3 Å². The van der Waals surface area contributed by atoms with Gasteiger partial charge in [-0.05, 0) is 19.3 Å². The van der Waals surface area contributed by atoms with Gasteiger partial charge in [0.2, 0.25) is 0 Å². The normalized spacial score (nSPS) is 30.9. The number of hydrogen-bond acceptors (Lipinski definition) is 4. The van der Waals surface area contributed by atoms with E-state index in [1.807, 2.05) is 13.8 Å². The number of rotatable bonds is 6. The van der Waals surface area contributed by atoms with Crippen LogP contribution in [-0.4, -0.2) is 35.9 Å². The number of nitrogens with two attached hydrogens (primary N) is 1. The molecule has 0 aromatic rings. The molecule has 1 aliphatic carbocycles. The standard InChI is InChI=1S/C14H27N2O3.Ac/c1-4-8(5-2)12(16)11-10(15)7-9(13(11)17)14(18)19-6-3;/h8-13,16-17H,4-7,15H2,1-3H3;/q-1;/t9-,10+,11+,12?,13+;/m1./s1. The Hall–Kier alpha value is 0.792. The summed E-state index contributed by atoms with van der Waals surface area (Å²) in [7, 11) is 0. The monoisotopic (exact) mass is 498 g/mol. The van der Waals surface area contributed by atoms with Gasteiger partial charge in [0.25, 0.3) is 0 Å². The minimum atomic E-state index is -0.850. The molecular weight excluding hydrogens is 471 g/mol. The predicted octanol–water partition coefficient (Wildman–Crippen LogP) is 1.73. The van der Waals surface area contributed by atoms with E-state index in [2.05, 4.69) is 0 Å². The Morgan fingerprint density at radius 1 is 1.40 bits per heavy atom. The molecule has 0 heterocycles. The molecular formula is C14H27AcN2O3-. The molecule has 1 aliphatic rings. The fourth-order valence-electron chi connectivity index (χ4n) is 3.19. The van der Waals surface area contributed by atoms with E-state index in [1.165, 1.54) is 0 Å². The molecule has 0 amide bonds. The zero-order chi connectivity index (χ0) is 14.6. The predicted molar refractivity (Wildman–Crippen MR) is 74.4 cm³/mol. The Balaban J connectivity index is 0.00000361. The summed E-state index contributed by atoms with van der Waals surface area (Å²) in [5.41, 5.74) is 14.4. The van der Waals surface area contributed by atoms with E-state index >= 15 is 0 Å². The van der Waals surface area contributed by atoms with Crippen LogP contribution >= 0.6 is 0 Å². The maximum Gasteiger partial charge on any atom is 0.311 e. The van der Waals surface area contributed by atoms with Gasteiger partial charge in [0, 0.05) is 50.1 Å². The molecule has 115 valence electrons. The zero-order valence-electron chi connectivity index (χ0n) is 12.7. The van der Waals surface area contributed by atoms with Crippen LogP contribution in [0.4, 0.5) is 0 Å². The van der Waals surface area contributed by atoms with Crippen molar-refractivity contribution in [1.82, 2.24) is 0 Å². The van der Waals surface area contributed by atoms with Gasteiger partial charge in [-0.2, -0.15) is 0 Å². The number of esters is 1. The fraction of sp³-hybridized carbons (Fsp3) is 0.929. The van der Waals surface area contributed by atoms with E-state index < -0.39 is 18.1 Å². The van der Waals surface area contributed by atoms with Crippen molar-refractivity contribution in [2.45, 2.75) is 58.2 Å². The Kier molecular flexibility index (Phi) is 10.1. The Morgan fingerprint density at radius 3 is 2.40 bits per heavy atom. The number of hydrogen-bond donors (Lipinski definition) is 2. The number of aliphatic hydroxyl groups is 1. The first-order valence-electron chi connectivity index (χ1n) is 7.29. The quantitative estimate of drug-likeness (QED) is 0.546. The molecule has 1 unspecified atom stereocenters. The third kappa shape index (κ3) is 4.64. The van der Waals surface area contributed by atoms with E-state index in [9.17, 15) is 9.90 Å². The van der Waals surface area contributed by atoms with Crippen molar-refractivity contribution in [3.63, 3.8) is 0 Å². The molecule has 0 aliphatic heterocycles. The third-order valence-corrected chi connectivity index (χ3v) is 4.39. The molecule has 1 fully saturated rings. The second kappa shape index (κ2) is 9.74. The first-order chi connectivity index (χ1) is 8.97. The van der Waals surface area contributed by atoms with Gasteiger partial charge in [0.1, 0.15) is 0 Å². The zero-order valence-corrected chi connectivity index (χ0v) is 17.5. The minimum absolute atomic E-state index is 0. The largest absolute Gasteiger partial charge is 0.674 e. The smallest absolute Gasteiger partial charge is 0.311 e. The van der Waals surface area contributed by atoms with Crippen molar-refractivity contribution in [3.05, 3.63) is 5.73 Å². The van der Waals surface area contributed by atoms with E-state index in [-0.39, 0.29) is 67.9 Å². The van der Waals surface area contributed by atoms with Crippen LogP contribution in [0.25, 0.3) is 5.73 Å². The summed E-state index contributed by atoms with van der Waals surface area (Å²) >= 11 is 0. The van der Waals surface area contributed by atoms with Gasteiger partial charge in [-0.3, -0.25) is 4.79 Å². The first kappa shape index (κ1) is 20.8. The maximum absolute atomic E-state index is 11.8. The number of carbonyl (C=O) groups is 1. The van der Waals surface area contributed by atoms with Crippen molar-refractivity contribution < 1.29 is 58.7 Å². The molecule has 1 saturated carbocycles. The Labute approximate surface area is 157 Å². The van der Waals surface area contributed by atoms with Gasteiger partial charge in [-0.15, -0.1) is 6.04 Å². The van der Waals surface area contributed by atoms with Crippen LogP contribution in [0.15, 0.2) is 0 Å². The van der Waals surface area contributed by atoms with Crippen LogP contribution in [0.5, 0.6) is 0 Å². The van der Waals surface area contributed by atoms with Crippen LogP contribution in [0.2, 0.25) is 0 Å². The van der Waals surface area contributed by atoms with Crippen LogP contribution in [-0.2, 0) is 9.53 Å². The number of nitrogens with one attached hydrogen (secondary N) is 1. The third-order valence-electron chi connectivity index (χ3n) is 4.39. The summed E-state index contributed by atoms with van der Waals surface area (Å²) in [5.74, 6) is -1.07. The summed E-state index contributed by atoms with van der Waals surface area (Å²) < 4.78 is 4.97. The summed E-state index contributed by atoms with van der Waals surface area (Å²) in [6.45, 7) is 6.14. The molecule has 5 nitrogen and oxygen atoms in total. The number of aliphatic hydroxyl groups excluding tert-OH is 1. The van der Waals surface area contributed by atoms with Crippen molar-refractivity contribution in [3.8, 4) is 0 Å². The molecule has 0 aromatic heterocycles. The number of carbonyl (C=O) groups excluding carboxylic acids is 1. The topological polar surface area (TPSA) is 96.4 Å². The molecule has 4 N–H and O–H groups in total. The molecule has 0 saturated heterocycles. The average Bonchev–Trinajstić information content (AvgIpc) is 2.66. The summed E-state index contributed by atoms with van der Waals surface area (Å²) in [6.07, 6.45) is 1.35. The van der Waals surface area contributed by atoms with E-state index in [1.54, 1.807) is 6.92 Å². The second-order valence-corrected chi connectivity index (χ2v) is 5.43. The molecule has 1 rings (SSSR count). The van der Waals surface area contributed by atoms with Crippen molar-refractivity contribution in [2.75, 3.05) is 6.61 Å². The first-order valence-corrected chi connectivity index (χ1v) is 7.29. The molecule has 20 heavy (non-hydrogen) atoms. The average molecular weight is 498 g/mol. The van der Waals surface area contributed by atoms with Crippen molar-refractivity contribution in [2.24, 2.45) is 23.5 Å². The molecule has 1 radical (unpaired) electrons. The maximum atomic E-state index is 11.8. The van der Waals surface area contributed by atoms with Gasteiger partial charge in [-0.25, -0.2) is 0 Å². The van der Waals surface area contributed by atoms with Gasteiger partial charge in [0.15, 0.2) is 0 Å². The van der Waals surface area contributed by atoms with Gasteiger partial charge in [0.05, 0.1) is 18.6 Å². The molecule has 0 bridgehead atoms. The Bertz CT molecular complexity index is 300. The van der Waals surface area contributed by atoms with Gasteiger partial charge >= 0.3 is 5.97 Å². The Morgan fingerprint density at radius 2 is 1.95 bits per heavy atom. The SMILES string of the molecule is CCOC(=O)[C@@H]1C[C@H](N)[C@@H](C([NH-])C(CC)CC)[C@H]1O.[Ac]. The summed E-state index contributed by atoms with van der Waals surface area (Å²) in [6, 6.07) is -0.716. The van der Waals surface area contributed by atoms with Crippen LogP contribution < -0.4 is 5.73 Å². The molecule has 0 aromatic carbocycles. The molecule has 0 spiro atoms. The van der Waals surface area contributed by atoms with Crippen LogP contribution in [0.1, 0.15) is 40.0 Å². The van der Waals surface area contributed by atoms with Gasteiger partial charge in [-0.1, -0.05) is 32.6 Å². The summed E-state index contributed by atoms with van der Waals surface area (Å²) in [5, 5.41) is 10.3. The second-order valence-electron chi connectivity index (χ2n) is 5.43. The van der Waals surface area contributed by atoms with E-state index in [0.717, 1.165) is 12.8 Å². The molecule has 6 heteroatoms. The van der Waals surface area contributed by atoms with Crippen molar-refractivity contribution >= 4 is 5.97 Å².